The summed E-state index contributed by atoms with van der Waals surface area (Å²) in [4.78, 5) is 14.9. The van der Waals surface area contributed by atoms with Crippen LogP contribution in [0.4, 0.5) is 0 Å². The average molecular weight is 317 g/mol. The first-order chi connectivity index (χ1) is 7.99. The van der Waals surface area contributed by atoms with Crippen molar-refractivity contribution < 1.29 is 14.3 Å². The van der Waals surface area contributed by atoms with Crippen LogP contribution in [0.15, 0.2) is 27.1 Å². The minimum absolute atomic E-state index is 0.154. The minimum atomic E-state index is -1.13. The first-order valence-corrected chi connectivity index (χ1v) is 5.82. The molecule has 0 aliphatic carbocycles. The lowest BCUT2D eigenvalue weighted by atomic mass is 10.2. The number of carboxylic acid groups (broad SMARTS) is 1. The van der Waals surface area contributed by atoms with Crippen LogP contribution in [0.5, 0.6) is 0 Å². The second-order valence-corrected chi connectivity index (χ2v) is 4.63. The minimum Gasteiger partial charge on any atom is -0.475 e. The lowest BCUT2D eigenvalue weighted by molar-refractivity contribution is 0.0662. The molecule has 0 amide bonds. The number of benzene rings is 1. The first-order valence-electron chi connectivity index (χ1n) is 4.65. The van der Waals surface area contributed by atoms with Crippen LogP contribution < -0.4 is 0 Å². The summed E-state index contributed by atoms with van der Waals surface area (Å²) in [5.74, 6) is -1.04. The second-order valence-electron chi connectivity index (χ2n) is 3.37. The average Bonchev–Trinajstić information content (AvgIpc) is 2.64. The summed E-state index contributed by atoms with van der Waals surface area (Å²) in [7, 11) is 0. The number of carboxylic acids is 1. The monoisotopic (exact) mass is 315 g/mol. The van der Waals surface area contributed by atoms with Gasteiger partial charge in [-0.2, -0.15) is 0 Å². The van der Waals surface area contributed by atoms with Gasteiger partial charge in [0.1, 0.15) is 0 Å². The fourth-order valence-electron chi connectivity index (χ4n) is 1.35. The molecule has 2 aromatic rings. The first kappa shape index (κ1) is 12.1. The van der Waals surface area contributed by atoms with E-state index in [0.29, 0.717) is 16.3 Å². The number of rotatable bonds is 2. The van der Waals surface area contributed by atoms with Crippen molar-refractivity contribution in [3.05, 3.63) is 39.1 Å². The van der Waals surface area contributed by atoms with Gasteiger partial charge in [0.25, 0.3) is 0 Å². The zero-order valence-corrected chi connectivity index (χ0v) is 11.0. The number of halogens is 2. The number of aryl methyl sites for hydroxylation is 1. The highest BCUT2D eigenvalue weighted by Gasteiger charge is 2.17. The third-order valence-corrected chi connectivity index (χ3v) is 3.39. The number of aromatic nitrogens is 1. The van der Waals surface area contributed by atoms with Crippen molar-refractivity contribution in [3.63, 3.8) is 0 Å². The predicted molar refractivity (Wildman–Crippen MR) is 66.3 cm³/mol. The highest BCUT2D eigenvalue weighted by atomic mass is 79.9. The van der Waals surface area contributed by atoms with E-state index in [1.54, 1.807) is 25.1 Å². The van der Waals surface area contributed by atoms with Crippen molar-refractivity contribution in [1.29, 1.82) is 0 Å². The molecule has 4 nitrogen and oxygen atoms in total. The molecule has 17 heavy (non-hydrogen) atoms. The Bertz CT molecular complexity index is 594. The van der Waals surface area contributed by atoms with Crippen LogP contribution in [0.3, 0.4) is 0 Å². The van der Waals surface area contributed by atoms with Crippen LogP contribution in [-0.2, 0) is 0 Å². The van der Waals surface area contributed by atoms with Gasteiger partial charge in [-0.05, 0) is 41.1 Å². The van der Waals surface area contributed by atoms with E-state index in [9.17, 15) is 4.79 Å². The van der Waals surface area contributed by atoms with E-state index < -0.39 is 5.97 Å². The lowest BCUT2D eigenvalue weighted by Gasteiger charge is -1.98. The van der Waals surface area contributed by atoms with E-state index in [4.69, 9.17) is 21.1 Å². The zero-order valence-electron chi connectivity index (χ0n) is 8.70. The molecule has 1 aromatic heterocycles. The van der Waals surface area contributed by atoms with Crippen molar-refractivity contribution >= 4 is 33.5 Å². The molecule has 0 spiro atoms. The van der Waals surface area contributed by atoms with Crippen molar-refractivity contribution in [1.82, 2.24) is 4.98 Å². The standard InChI is InChI=1S/C11H7BrClNO3/c1-5-9(11(15)16)17-10(14-5)6-2-3-7(12)8(13)4-6/h2-4H,1H3,(H,15,16). The summed E-state index contributed by atoms with van der Waals surface area (Å²) in [5.41, 5.74) is 0.973. The van der Waals surface area contributed by atoms with E-state index in [2.05, 4.69) is 20.9 Å². The van der Waals surface area contributed by atoms with E-state index >= 15 is 0 Å². The maximum atomic E-state index is 10.8. The maximum absolute atomic E-state index is 10.8. The third-order valence-electron chi connectivity index (χ3n) is 2.16. The van der Waals surface area contributed by atoms with Crippen molar-refractivity contribution in [3.8, 4) is 11.5 Å². The van der Waals surface area contributed by atoms with Gasteiger partial charge in [0, 0.05) is 10.0 Å². The summed E-state index contributed by atoms with van der Waals surface area (Å²) in [6.45, 7) is 1.58. The zero-order chi connectivity index (χ0) is 12.6. The van der Waals surface area contributed by atoms with Crippen LogP contribution in [0.1, 0.15) is 16.2 Å². The van der Waals surface area contributed by atoms with Crippen molar-refractivity contribution in [2.24, 2.45) is 0 Å². The Morgan fingerprint density at radius 2 is 2.24 bits per heavy atom. The molecule has 0 radical (unpaired) electrons. The second kappa shape index (κ2) is 4.50. The normalized spacial score (nSPS) is 10.5. The molecule has 0 bridgehead atoms. The number of hydrogen-bond acceptors (Lipinski definition) is 3. The third kappa shape index (κ3) is 2.35. The summed E-state index contributed by atoms with van der Waals surface area (Å²) in [6, 6.07) is 5.15. The maximum Gasteiger partial charge on any atom is 0.373 e. The molecule has 0 saturated heterocycles. The Morgan fingerprint density at radius 1 is 1.53 bits per heavy atom. The van der Waals surface area contributed by atoms with E-state index in [1.807, 2.05) is 0 Å². The highest BCUT2D eigenvalue weighted by molar-refractivity contribution is 9.10. The van der Waals surface area contributed by atoms with Crippen LogP contribution in [0.2, 0.25) is 5.02 Å². The Balaban J connectivity index is 2.50. The van der Waals surface area contributed by atoms with Gasteiger partial charge < -0.3 is 9.52 Å². The van der Waals surface area contributed by atoms with Gasteiger partial charge in [-0.25, -0.2) is 9.78 Å². The van der Waals surface area contributed by atoms with Gasteiger partial charge in [-0.1, -0.05) is 11.6 Å². The molecular weight excluding hydrogens is 309 g/mol. The van der Waals surface area contributed by atoms with Crippen LogP contribution >= 0.6 is 27.5 Å². The molecule has 0 saturated carbocycles. The smallest absolute Gasteiger partial charge is 0.373 e. The van der Waals surface area contributed by atoms with Gasteiger partial charge in [0.05, 0.1) is 10.7 Å². The summed E-state index contributed by atoms with van der Waals surface area (Å²) in [6.07, 6.45) is 0. The molecule has 0 unspecified atom stereocenters. The number of aromatic carboxylic acids is 1. The quantitative estimate of drug-likeness (QED) is 0.916. The van der Waals surface area contributed by atoms with Crippen LogP contribution in [-0.4, -0.2) is 16.1 Å². The van der Waals surface area contributed by atoms with Gasteiger partial charge in [0.2, 0.25) is 11.7 Å². The largest absolute Gasteiger partial charge is 0.475 e. The van der Waals surface area contributed by atoms with Gasteiger partial charge >= 0.3 is 5.97 Å². The highest BCUT2D eigenvalue weighted by Crippen LogP contribution is 2.29. The van der Waals surface area contributed by atoms with Gasteiger partial charge in [-0.15, -0.1) is 0 Å². The van der Waals surface area contributed by atoms with Crippen LogP contribution in [0.25, 0.3) is 11.5 Å². The molecule has 0 fully saturated rings. The SMILES string of the molecule is Cc1nc(-c2ccc(Br)c(Cl)c2)oc1C(=O)O. The molecule has 0 aliphatic heterocycles. The fraction of sp³-hybridized carbons (Fsp3) is 0.0909. The Hall–Kier alpha value is -1.33. The van der Waals surface area contributed by atoms with Gasteiger partial charge in [0.15, 0.2) is 0 Å². The molecule has 1 aromatic carbocycles. The van der Waals surface area contributed by atoms with E-state index in [0.717, 1.165) is 4.47 Å². The molecule has 6 heteroatoms. The topological polar surface area (TPSA) is 63.3 Å². The van der Waals surface area contributed by atoms with E-state index in [1.165, 1.54) is 0 Å². The molecule has 1 heterocycles. The van der Waals surface area contributed by atoms with Crippen molar-refractivity contribution in [2.45, 2.75) is 6.92 Å². The van der Waals surface area contributed by atoms with Gasteiger partial charge in [-0.3, -0.25) is 0 Å². The van der Waals surface area contributed by atoms with E-state index in [-0.39, 0.29) is 11.7 Å². The van der Waals surface area contributed by atoms with Crippen molar-refractivity contribution in [2.75, 3.05) is 0 Å². The molecular formula is C11H7BrClNO3. The number of carbonyl (C=O) groups is 1. The molecule has 2 rings (SSSR count). The number of nitrogens with zero attached hydrogens (tertiary/aromatic N) is 1. The predicted octanol–water partition coefficient (Wildman–Crippen LogP) is 3.76. The Labute approximate surface area is 110 Å². The molecule has 0 aliphatic rings. The molecule has 88 valence electrons. The van der Waals surface area contributed by atoms with Crippen LogP contribution in [0, 0.1) is 6.92 Å². The summed E-state index contributed by atoms with van der Waals surface area (Å²) in [5, 5.41) is 9.37. The number of hydrogen-bond donors (Lipinski definition) is 1. The Kier molecular flexibility index (Phi) is 3.22. The molecule has 0 atom stereocenters. The Morgan fingerprint density at radius 3 is 2.76 bits per heavy atom. The fourth-order valence-corrected chi connectivity index (χ4v) is 1.77. The lowest BCUT2D eigenvalue weighted by Crippen LogP contribution is -1.95. The summed E-state index contributed by atoms with van der Waals surface area (Å²) < 4.78 is 5.93. The molecule has 1 N–H and O–H groups in total. The number of oxazole rings is 1. The summed E-state index contributed by atoms with van der Waals surface area (Å²) >= 11 is 9.21.